The summed E-state index contributed by atoms with van der Waals surface area (Å²) in [4.78, 5) is 14.7. The zero-order chi connectivity index (χ0) is 20.3. The molecular formula is C21H23BrClNO4. The number of carbonyl (C=O) groups is 1. The Morgan fingerprint density at radius 1 is 1.21 bits per heavy atom. The van der Waals surface area contributed by atoms with E-state index in [1.54, 1.807) is 20.3 Å². The van der Waals surface area contributed by atoms with Crippen molar-refractivity contribution in [1.82, 2.24) is 4.90 Å². The maximum Gasteiger partial charge on any atom is 0.261 e. The molecule has 7 heteroatoms. The number of likely N-dealkylation sites (tertiary alicyclic amines) is 1. The number of rotatable bonds is 6. The summed E-state index contributed by atoms with van der Waals surface area (Å²) in [5.41, 5.74) is 1.91. The molecule has 1 saturated heterocycles. The second kappa shape index (κ2) is 9.05. The number of hydrogen-bond acceptors (Lipinski definition) is 4. The number of ether oxygens (including phenoxy) is 3. The first kappa shape index (κ1) is 20.8. The lowest BCUT2D eigenvalue weighted by molar-refractivity contribution is -0.134. The Morgan fingerprint density at radius 3 is 2.64 bits per heavy atom. The molecule has 5 nitrogen and oxygen atoms in total. The zero-order valence-electron chi connectivity index (χ0n) is 16.1. The van der Waals surface area contributed by atoms with Crippen molar-refractivity contribution in [1.29, 1.82) is 0 Å². The molecule has 3 rings (SSSR count). The third-order valence-corrected chi connectivity index (χ3v) is 5.64. The topological polar surface area (TPSA) is 48.0 Å². The fraction of sp³-hybridized carbons (Fsp3) is 0.381. The van der Waals surface area contributed by atoms with Gasteiger partial charge in [0.15, 0.2) is 18.1 Å². The van der Waals surface area contributed by atoms with Crippen molar-refractivity contribution in [3.8, 4) is 17.2 Å². The van der Waals surface area contributed by atoms with E-state index in [1.807, 2.05) is 36.1 Å². The van der Waals surface area contributed by atoms with Gasteiger partial charge in [-0.3, -0.25) is 4.79 Å². The van der Waals surface area contributed by atoms with Crippen LogP contribution in [0.1, 0.15) is 30.0 Å². The molecule has 1 fully saturated rings. The van der Waals surface area contributed by atoms with E-state index in [2.05, 4.69) is 15.9 Å². The van der Waals surface area contributed by atoms with E-state index in [1.165, 1.54) is 0 Å². The molecule has 0 aromatic heterocycles. The minimum Gasteiger partial charge on any atom is -0.493 e. The van der Waals surface area contributed by atoms with E-state index < -0.39 is 0 Å². The van der Waals surface area contributed by atoms with Gasteiger partial charge in [-0.25, -0.2) is 0 Å². The lowest BCUT2D eigenvalue weighted by Gasteiger charge is -2.26. The van der Waals surface area contributed by atoms with Crippen LogP contribution in [0.2, 0.25) is 5.02 Å². The molecule has 1 heterocycles. The molecule has 2 aromatic carbocycles. The van der Waals surface area contributed by atoms with Crippen LogP contribution in [0.15, 0.2) is 34.8 Å². The molecule has 1 aliphatic heterocycles. The number of methoxy groups -OCH3 is 2. The number of benzene rings is 2. The van der Waals surface area contributed by atoms with Gasteiger partial charge in [-0.2, -0.15) is 0 Å². The van der Waals surface area contributed by atoms with Crippen LogP contribution < -0.4 is 14.2 Å². The highest BCUT2D eigenvalue weighted by Gasteiger charge is 2.31. The van der Waals surface area contributed by atoms with Gasteiger partial charge in [-0.1, -0.05) is 33.6 Å². The lowest BCUT2D eigenvalue weighted by atomic mass is 10.0. The van der Waals surface area contributed by atoms with Gasteiger partial charge in [0.25, 0.3) is 5.91 Å². The van der Waals surface area contributed by atoms with Gasteiger partial charge in [0.2, 0.25) is 0 Å². The molecule has 1 aliphatic rings. The van der Waals surface area contributed by atoms with Crippen molar-refractivity contribution < 1.29 is 19.0 Å². The van der Waals surface area contributed by atoms with Crippen molar-refractivity contribution >= 4 is 33.4 Å². The molecule has 150 valence electrons. The first-order valence-corrected chi connectivity index (χ1v) is 10.2. The average Bonchev–Trinajstić information content (AvgIpc) is 3.16. The average molecular weight is 469 g/mol. The predicted molar refractivity (Wildman–Crippen MR) is 113 cm³/mol. The summed E-state index contributed by atoms with van der Waals surface area (Å²) in [6.45, 7) is 2.55. The molecule has 28 heavy (non-hydrogen) atoms. The molecule has 0 aliphatic carbocycles. The first-order chi connectivity index (χ1) is 13.4. The fourth-order valence-electron chi connectivity index (χ4n) is 3.56. The molecule has 0 N–H and O–H groups in total. The van der Waals surface area contributed by atoms with Crippen molar-refractivity contribution in [2.45, 2.75) is 25.8 Å². The van der Waals surface area contributed by atoms with Crippen LogP contribution in [-0.2, 0) is 4.79 Å². The standard InChI is InChI=1S/C21H23BrClNO4/c1-13-9-15(22)11-16(23)21(13)28-12-20(25)24-8-4-5-17(24)14-6-7-18(26-2)19(10-14)27-3/h6-7,9-11,17H,4-5,8,12H2,1-3H3. The van der Waals surface area contributed by atoms with Crippen molar-refractivity contribution in [3.05, 3.63) is 51.0 Å². The Kier molecular flexibility index (Phi) is 6.73. The van der Waals surface area contributed by atoms with Crippen LogP contribution in [0, 0.1) is 6.92 Å². The van der Waals surface area contributed by atoms with Gasteiger partial charge in [0.1, 0.15) is 5.75 Å². The van der Waals surface area contributed by atoms with Crippen LogP contribution in [0.25, 0.3) is 0 Å². The molecule has 1 unspecified atom stereocenters. The molecule has 2 aromatic rings. The third-order valence-electron chi connectivity index (χ3n) is 4.90. The highest BCUT2D eigenvalue weighted by molar-refractivity contribution is 9.10. The summed E-state index contributed by atoms with van der Waals surface area (Å²) in [6, 6.07) is 9.46. The maximum atomic E-state index is 12.9. The number of hydrogen-bond donors (Lipinski definition) is 0. The smallest absolute Gasteiger partial charge is 0.261 e. The van der Waals surface area contributed by atoms with Gasteiger partial charge in [0, 0.05) is 11.0 Å². The van der Waals surface area contributed by atoms with Crippen molar-refractivity contribution in [2.24, 2.45) is 0 Å². The lowest BCUT2D eigenvalue weighted by Crippen LogP contribution is -2.34. The van der Waals surface area contributed by atoms with Crippen LogP contribution in [0.4, 0.5) is 0 Å². The largest absolute Gasteiger partial charge is 0.493 e. The monoisotopic (exact) mass is 467 g/mol. The van der Waals surface area contributed by atoms with E-state index in [0.29, 0.717) is 28.8 Å². The van der Waals surface area contributed by atoms with Gasteiger partial charge in [0.05, 0.1) is 25.3 Å². The van der Waals surface area contributed by atoms with E-state index in [0.717, 1.165) is 28.4 Å². The van der Waals surface area contributed by atoms with E-state index in [9.17, 15) is 4.79 Å². The van der Waals surface area contributed by atoms with Gasteiger partial charge < -0.3 is 19.1 Å². The van der Waals surface area contributed by atoms with Gasteiger partial charge >= 0.3 is 0 Å². The minimum absolute atomic E-state index is 0.00241. The minimum atomic E-state index is -0.0596. The summed E-state index contributed by atoms with van der Waals surface area (Å²) in [6.07, 6.45) is 1.85. The molecular weight excluding hydrogens is 446 g/mol. The number of halogens is 2. The van der Waals surface area contributed by atoms with Gasteiger partial charge in [-0.15, -0.1) is 0 Å². The summed E-state index contributed by atoms with van der Waals surface area (Å²) in [5.74, 6) is 1.81. The number of amides is 1. The van der Waals surface area contributed by atoms with Crippen LogP contribution in [0.5, 0.6) is 17.2 Å². The zero-order valence-corrected chi connectivity index (χ0v) is 18.5. The molecule has 1 amide bonds. The van der Waals surface area contributed by atoms with Crippen LogP contribution in [0.3, 0.4) is 0 Å². The molecule has 0 radical (unpaired) electrons. The highest BCUT2D eigenvalue weighted by Crippen LogP contribution is 2.37. The van der Waals surface area contributed by atoms with Gasteiger partial charge in [-0.05, 0) is 55.2 Å². The fourth-order valence-corrected chi connectivity index (χ4v) is 4.59. The van der Waals surface area contributed by atoms with Crippen LogP contribution >= 0.6 is 27.5 Å². The molecule has 0 bridgehead atoms. The summed E-state index contributed by atoms with van der Waals surface area (Å²) < 4.78 is 17.4. The van der Waals surface area contributed by atoms with Crippen LogP contribution in [-0.4, -0.2) is 38.2 Å². The number of aryl methyl sites for hydroxylation is 1. The Labute approximate surface area is 178 Å². The second-order valence-electron chi connectivity index (χ2n) is 6.68. The van der Waals surface area contributed by atoms with E-state index in [4.69, 9.17) is 25.8 Å². The number of carbonyl (C=O) groups excluding carboxylic acids is 1. The molecule has 0 spiro atoms. The first-order valence-electron chi connectivity index (χ1n) is 9.04. The summed E-state index contributed by atoms with van der Waals surface area (Å²) in [5, 5.41) is 0.484. The quantitative estimate of drug-likeness (QED) is 0.587. The normalized spacial score (nSPS) is 16.2. The molecule has 0 saturated carbocycles. The maximum absolute atomic E-state index is 12.9. The Morgan fingerprint density at radius 2 is 1.96 bits per heavy atom. The predicted octanol–water partition coefficient (Wildman–Crippen LogP) is 5.17. The van der Waals surface area contributed by atoms with Crippen molar-refractivity contribution in [2.75, 3.05) is 27.4 Å². The Balaban J connectivity index is 1.73. The summed E-state index contributed by atoms with van der Waals surface area (Å²) in [7, 11) is 3.22. The molecule has 1 atom stereocenters. The second-order valence-corrected chi connectivity index (χ2v) is 8.00. The SMILES string of the molecule is COc1ccc(C2CCCN2C(=O)COc2c(C)cc(Br)cc2Cl)cc1OC. The van der Waals surface area contributed by atoms with Crippen molar-refractivity contribution in [3.63, 3.8) is 0 Å². The highest BCUT2D eigenvalue weighted by atomic mass is 79.9. The van der Waals surface area contributed by atoms with E-state index >= 15 is 0 Å². The third kappa shape index (κ3) is 4.39. The van der Waals surface area contributed by atoms with E-state index in [-0.39, 0.29) is 18.6 Å². The number of nitrogens with zero attached hydrogens (tertiary/aromatic N) is 1. The Bertz CT molecular complexity index is 850. The Hall–Kier alpha value is -1.92. The summed E-state index contributed by atoms with van der Waals surface area (Å²) >= 11 is 9.66.